The zero-order chi connectivity index (χ0) is 20.6. The first-order valence-corrected chi connectivity index (χ1v) is 9.17. The van der Waals surface area contributed by atoms with Gasteiger partial charge < -0.3 is 20.1 Å². The Morgan fingerprint density at radius 3 is 2.28 bits per heavy atom. The van der Waals surface area contributed by atoms with Crippen molar-refractivity contribution in [1.82, 2.24) is 0 Å². The Morgan fingerprint density at radius 1 is 0.897 bits per heavy atom. The molecular formula is C23H23FN2O3. The third-order valence-electron chi connectivity index (χ3n) is 4.42. The van der Waals surface area contributed by atoms with Crippen LogP contribution in [0.5, 0.6) is 11.5 Å². The molecule has 0 aliphatic heterocycles. The van der Waals surface area contributed by atoms with Crippen LogP contribution in [0.1, 0.15) is 11.1 Å². The van der Waals surface area contributed by atoms with E-state index in [1.807, 2.05) is 18.2 Å². The van der Waals surface area contributed by atoms with Crippen LogP contribution in [-0.2, 0) is 17.8 Å². The predicted octanol–water partition coefficient (Wildman–Crippen LogP) is 4.64. The fourth-order valence-corrected chi connectivity index (χ4v) is 2.89. The first-order chi connectivity index (χ1) is 14.1. The van der Waals surface area contributed by atoms with Gasteiger partial charge in [0.1, 0.15) is 5.82 Å². The molecule has 0 radical (unpaired) electrons. The smallest absolute Gasteiger partial charge is 0.228 e. The van der Waals surface area contributed by atoms with E-state index in [0.717, 1.165) is 11.3 Å². The molecule has 0 saturated heterocycles. The minimum Gasteiger partial charge on any atom is -0.493 e. The lowest BCUT2D eigenvalue weighted by atomic mass is 10.1. The highest BCUT2D eigenvalue weighted by Gasteiger charge is 2.09. The molecule has 0 heterocycles. The highest BCUT2D eigenvalue weighted by molar-refractivity contribution is 5.92. The fraction of sp³-hybridized carbons (Fsp3) is 0.174. The summed E-state index contributed by atoms with van der Waals surface area (Å²) in [6, 6.07) is 19.3. The number of hydrogen-bond donors (Lipinski definition) is 2. The Hall–Kier alpha value is -3.54. The lowest BCUT2D eigenvalue weighted by molar-refractivity contribution is -0.115. The Morgan fingerprint density at radius 2 is 1.59 bits per heavy atom. The number of anilines is 2. The van der Waals surface area contributed by atoms with Gasteiger partial charge >= 0.3 is 0 Å². The van der Waals surface area contributed by atoms with E-state index in [1.54, 1.807) is 56.7 Å². The number of carbonyl (C=O) groups is 1. The highest BCUT2D eigenvalue weighted by atomic mass is 19.1. The molecule has 0 aliphatic carbocycles. The van der Waals surface area contributed by atoms with Crippen LogP contribution in [-0.4, -0.2) is 20.1 Å². The summed E-state index contributed by atoms with van der Waals surface area (Å²) in [5, 5.41) is 6.03. The van der Waals surface area contributed by atoms with Gasteiger partial charge in [-0.15, -0.1) is 0 Å². The Balaban J connectivity index is 1.55. The van der Waals surface area contributed by atoms with Gasteiger partial charge in [0.25, 0.3) is 0 Å². The number of amides is 1. The van der Waals surface area contributed by atoms with E-state index < -0.39 is 0 Å². The Bertz CT molecular complexity index is 974. The quantitative estimate of drug-likeness (QED) is 0.585. The summed E-state index contributed by atoms with van der Waals surface area (Å²) in [5.41, 5.74) is 2.95. The molecule has 0 aliphatic rings. The van der Waals surface area contributed by atoms with E-state index in [4.69, 9.17) is 9.47 Å². The van der Waals surface area contributed by atoms with Crippen molar-refractivity contribution in [2.75, 3.05) is 24.9 Å². The van der Waals surface area contributed by atoms with Crippen LogP contribution in [0.3, 0.4) is 0 Å². The fourth-order valence-electron chi connectivity index (χ4n) is 2.89. The van der Waals surface area contributed by atoms with Crippen molar-refractivity contribution in [2.24, 2.45) is 0 Å². The van der Waals surface area contributed by atoms with Crippen LogP contribution in [0, 0.1) is 5.82 Å². The molecule has 0 fully saturated rings. The van der Waals surface area contributed by atoms with Crippen LogP contribution in [0.25, 0.3) is 0 Å². The van der Waals surface area contributed by atoms with Crippen LogP contribution < -0.4 is 20.1 Å². The summed E-state index contributed by atoms with van der Waals surface area (Å²) >= 11 is 0. The number of nitrogens with one attached hydrogen (secondary N) is 2. The van der Waals surface area contributed by atoms with E-state index >= 15 is 0 Å². The third-order valence-corrected chi connectivity index (χ3v) is 4.42. The van der Waals surface area contributed by atoms with Gasteiger partial charge in [-0.25, -0.2) is 4.39 Å². The molecule has 0 atom stereocenters. The molecule has 1 amide bonds. The average Bonchev–Trinajstić information content (AvgIpc) is 2.74. The maximum Gasteiger partial charge on any atom is 0.228 e. The lowest BCUT2D eigenvalue weighted by Crippen LogP contribution is -2.14. The second-order valence-corrected chi connectivity index (χ2v) is 6.44. The molecule has 0 bridgehead atoms. The first kappa shape index (κ1) is 20.2. The Kier molecular flexibility index (Phi) is 6.68. The molecule has 5 nitrogen and oxygen atoms in total. The summed E-state index contributed by atoms with van der Waals surface area (Å²) in [4.78, 5) is 12.3. The molecule has 6 heteroatoms. The van der Waals surface area contributed by atoms with Gasteiger partial charge in [-0.1, -0.05) is 24.3 Å². The van der Waals surface area contributed by atoms with Gasteiger partial charge in [-0.05, 0) is 48.0 Å². The normalized spacial score (nSPS) is 10.3. The molecule has 0 unspecified atom stereocenters. The molecule has 29 heavy (non-hydrogen) atoms. The SMILES string of the molecule is COc1ccc(CC(=O)Nc2ccc(NCc3ccccc3F)cc2)cc1OC. The van der Waals surface area contributed by atoms with Crippen molar-refractivity contribution < 1.29 is 18.7 Å². The second-order valence-electron chi connectivity index (χ2n) is 6.44. The minimum atomic E-state index is -0.237. The number of rotatable bonds is 8. The number of ether oxygens (including phenoxy) is 2. The zero-order valence-electron chi connectivity index (χ0n) is 16.4. The van der Waals surface area contributed by atoms with Crippen LogP contribution in [0.4, 0.5) is 15.8 Å². The summed E-state index contributed by atoms with van der Waals surface area (Å²) in [6.45, 7) is 0.387. The van der Waals surface area contributed by atoms with Gasteiger partial charge in [-0.3, -0.25) is 4.79 Å². The van der Waals surface area contributed by atoms with Crippen LogP contribution in [0.15, 0.2) is 66.7 Å². The lowest BCUT2D eigenvalue weighted by Gasteiger charge is -2.11. The zero-order valence-corrected chi connectivity index (χ0v) is 16.4. The van der Waals surface area contributed by atoms with Crippen molar-refractivity contribution >= 4 is 17.3 Å². The maximum absolute atomic E-state index is 13.7. The second kappa shape index (κ2) is 9.59. The molecule has 3 aromatic carbocycles. The van der Waals surface area contributed by atoms with Gasteiger partial charge in [0.2, 0.25) is 5.91 Å². The van der Waals surface area contributed by atoms with E-state index in [1.165, 1.54) is 6.07 Å². The number of hydrogen-bond acceptors (Lipinski definition) is 4. The Labute approximate surface area is 169 Å². The van der Waals surface area contributed by atoms with Gasteiger partial charge in [0.05, 0.1) is 20.6 Å². The highest BCUT2D eigenvalue weighted by Crippen LogP contribution is 2.27. The number of methoxy groups -OCH3 is 2. The molecule has 3 aromatic rings. The molecule has 150 valence electrons. The summed E-state index contributed by atoms with van der Waals surface area (Å²) in [6.07, 6.45) is 0.216. The van der Waals surface area contributed by atoms with E-state index in [-0.39, 0.29) is 18.1 Å². The minimum absolute atomic E-state index is 0.135. The molecule has 0 aromatic heterocycles. The number of benzene rings is 3. The van der Waals surface area contributed by atoms with Crippen LogP contribution >= 0.6 is 0 Å². The van der Waals surface area contributed by atoms with E-state index in [0.29, 0.717) is 29.3 Å². The van der Waals surface area contributed by atoms with Crippen LogP contribution in [0.2, 0.25) is 0 Å². The predicted molar refractivity (Wildman–Crippen MR) is 112 cm³/mol. The van der Waals surface area contributed by atoms with Crippen molar-refractivity contribution in [3.8, 4) is 11.5 Å². The molecule has 0 spiro atoms. The van der Waals surface area contributed by atoms with Gasteiger partial charge in [0, 0.05) is 23.5 Å². The third kappa shape index (κ3) is 5.48. The van der Waals surface area contributed by atoms with Gasteiger partial charge in [0.15, 0.2) is 11.5 Å². The van der Waals surface area contributed by atoms with Crippen molar-refractivity contribution in [3.63, 3.8) is 0 Å². The summed E-state index contributed by atoms with van der Waals surface area (Å²) < 4.78 is 24.1. The topological polar surface area (TPSA) is 59.6 Å². The number of halogens is 1. The van der Waals surface area contributed by atoms with Crippen molar-refractivity contribution in [2.45, 2.75) is 13.0 Å². The molecular weight excluding hydrogens is 371 g/mol. The average molecular weight is 394 g/mol. The van der Waals surface area contributed by atoms with Crippen molar-refractivity contribution in [3.05, 3.63) is 83.7 Å². The molecule has 0 saturated carbocycles. The van der Waals surface area contributed by atoms with Gasteiger partial charge in [-0.2, -0.15) is 0 Å². The number of carbonyl (C=O) groups excluding carboxylic acids is 1. The summed E-state index contributed by atoms with van der Waals surface area (Å²) in [7, 11) is 3.13. The van der Waals surface area contributed by atoms with Crippen molar-refractivity contribution in [1.29, 1.82) is 0 Å². The largest absolute Gasteiger partial charge is 0.493 e. The maximum atomic E-state index is 13.7. The monoisotopic (exact) mass is 394 g/mol. The van der Waals surface area contributed by atoms with E-state index in [9.17, 15) is 9.18 Å². The standard InChI is InChI=1S/C23H23FN2O3/c1-28-21-12-7-16(13-22(21)29-2)14-23(27)26-19-10-8-18(9-11-19)25-15-17-5-3-4-6-20(17)24/h3-13,25H,14-15H2,1-2H3,(H,26,27). The first-order valence-electron chi connectivity index (χ1n) is 9.17. The molecule has 3 rings (SSSR count). The van der Waals surface area contributed by atoms with E-state index in [2.05, 4.69) is 10.6 Å². The molecule has 2 N–H and O–H groups in total. The summed E-state index contributed by atoms with van der Waals surface area (Å²) in [5.74, 6) is 0.835.